The van der Waals surface area contributed by atoms with Crippen molar-refractivity contribution in [1.29, 1.82) is 0 Å². The average molecular weight is 267 g/mol. The van der Waals surface area contributed by atoms with Gasteiger partial charge in [-0.25, -0.2) is 0 Å². The Hall–Kier alpha value is -0.420. The molecule has 0 aromatic heterocycles. The highest BCUT2D eigenvalue weighted by molar-refractivity contribution is 9.10. The van der Waals surface area contributed by atoms with Crippen molar-refractivity contribution in [2.24, 2.45) is 0 Å². The molecule has 5 heteroatoms. The van der Waals surface area contributed by atoms with Gasteiger partial charge >= 0.3 is 10.2 Å². The Labute approximate surface area is 85.1 Å². The number of aryl methyl sites for hydroxylation is 1. The predicted molar refractivity (Wildman–Crippen MR) is 52.6 cm³/mol. The lowest BCUT2D eigenvalue weighted by Gasteiger charge is -2.00. The van der Waals surface area contributed by atoms with Crippen LogP contribution in [0.15, 0.2) is 22.7 Å². The molecule has 0 saturated heterocycles. The van der Waals surface area contributed by atoms with Gasteiger partial charge in [0.05, 0.1) is 0 Å². The van der Waals surface area contributed by atoms with Crippen LogP contribution < -0.4 is 0 Å². The van der Waals surface area contributed by atoms with Crippen LogP contribution in [0.1, 0.15) is 11.1 Å². The summed E-state index contributed by atoms with van der Waals surface area (Å²) in [7, 11) is -4.43. The molecule has 0 spiro atoms. The van der Waals surface area contributed by atoms with Gasteiger partial charge in [0, 0.05) is 4.47 Å². The summed E-state index contributed by atoms with van der Waals surface area (Å²) in [5, 5.41) is 0. The fourth-order valence-electron chi connectivity index (χ4n) is 1.09. The number of halogens is 2. The van der Waals surface area contributed by atoms with Crippen molar-refractivity contribution in [2.75, 3.05) is 0 Å². The number of hydrogen-bond acceptors (Lipinski definition) is 2. The topological polar surface area (TPSA) is 34.1 Å². The zero-order chi connectivity index (χ0) is 10.1. The van der Waals surface area contributed by atoms with E-state index in [0.29, 0.717) is 5.56 Å². The summed E-state index contributed by atoms with van der Waals surface area (Å²) >= 11 is 3.20. The first-order valence-electron chi connectivity index (χ1n) is 3.55. The van der Waals surface area contributed by atoms with Gasteiger partial charge in [-0.2, -0.15) is 8.42 Å². The van der Waals surface area contributed by atoms with Crippen LogP contribution in [-0.4, -0.2) is 8.42 Å². The van der Waals surface area contributed by atoms with Crippen molar-refractivity contribution < 1.29 is 12.3 Å². The van der Waals surface area contributed by atoms with Gasteiger partial charge < -0.3 is 0 Å². The van der Waals surface area contributed by atoms with Gasteiger partial charge in [-0.05, 0) is 30.2 Å². The second-order valence-corrected chi connectivity index (χ2v) is 5.10. The third-order valence-corrected chi connectivity index (χ3v) is 2.58. The minimum absolute atomic E-state index is 0.453. The Morgan fingerprint density at radius 3 is 2.46 bits per heavy atom. The Bertz CT molecular complexity index is 394. The summed E-state index contributed by atoms with van der Waals surface area (Å²) in [5.74, 6) is -0.562. The lowest BCUT2D eigenvalue weighted by molar-refractivity contribution is 0.551. The monoisotopic (exact) mass is 266 g/mol. The van der Waals surface area contributed by atoms with Crippen molar-refractivity contribution in [3.63, 3.8) is 0 Å². The molecule has 1 aromatic rings. The van der Waals surface area contributed by atoms with Gasteiger partial charge in [0.2, 0.25) is 0 Å². The molecule has 0 heterocycles. The van der Waals surface area contributed by atoms with Gasteiger partial charge in [0.15, 0.2) is 0 Å². The summed E-state index contributed by atoms with van der Waals surface area (Å²) in [6.45, 7) is 1.82. The van der Waals surface area contributed by atoms with E-state index in [0.717, 1.165) is 10.0 Å². The molecule has 2 nitrogen and oxygen atoms in total. The van der Waals surface area contributed by atoms with Crippen LogP contribution >= 0.6 is 15.9 Å². The second kappa shape index (κ2) is 3.75. The van der Waals surface area contributed by atoms with Gasteiger partial charge in [-0.1, -0.05) is 22.0 Å². The molecule has 0 N–H and O–H groups in total. The van der Waals surface area contributed by atoms with Crippen LogP contribution in [0.3, 0.4) is 0 Å². The minimum atomic E-state index is -4.43. The minimum Gasteiger partial charge on any atom is -0.194 e. The van der Waals surface area contributed by atoms with E-state index in [4.69, 9.17) is 0 Å². The molecule has 0 amide bonds. The number of rotatable bonds is 2. The zero-order valence-electron chi connectivity index (χ0n) is 6.92. The number of benzene rings is 1. The van der Waals surface area contributed by atoms with E-state index >= 15 is 0 Å². The predicted octanol–water partition coefficient (Wildman–Crippen LogP) is 2.56. The van der Waals surface area contributed by atoms with Gasteiger partial charge in [-0.3, -0.25) is 0 Å². The van der Waals surface area contributed by atoms with Crippen molar-refractivity contribution in [3.05, 3.63) is 33.8 Å². The Balaban J connectivity index is 3.03. The van der Waals surface area contributed by atoms with Crippen molar-refractivity contribution in [3.8, 4) is 0 Å². The van der Waals surface area contributed by atoms with Gasteiger partial charge in [-0.15, -0.1) is 3.89 Å². The molecule has 0 atom stereocenters. The van der Waals surface area contributed by atoms with E-state index in [1.54, 1.807) is 12.1 Å². The smallest absolute Gasteiger partial charge is 0.194 e. The Morgan fingerprint density at radius 1 is 1.38 bits per heavy atom. The highest BCUT2D eigenvalue weighted by atomic mass is 79.9. The van der Waals surface area contributed by atoms with Crippen LogP contribution in [0, 0.1) is 6.92 Å². The first kappa shape index (κ1) is 10.7. The second-order valence-electron chi connectivity index (χ2n) is 2.82. The molecule has 0 saturated carbocycles. The molecule has 0 aliphatic heterocycles. The van der Waals surface area contributed by atoms with E-state index in [-0.39, 0.29) is 0 Å². The Morgan fingerprint density at radius 2 is 2.00 bits per heavy atom. The van der Waals surface area contributed by atoms with Crippen molar-refractivity contribution >= 4 is 26.2 Å². The molecular formula is C8H8BrFO2S. The van der Waals surface area contributed by atoms with Crippen LogP contribution in [0.5, 0.6) is 0 Å². The maximum Gasteiger partial charge on any atom is 0.306 e. The van der Waals surface area contributed by atoms with E-state index in [1.165, 1.54) is 0 Å². The van der Waals surface area contributed by atoms with Crippen molar-refractivity contribution in [1.82, 2.24) is 0 Å². The standard InChI is InChI=1S/C8H8BrFO2S/c1-6-2-7(4-8(9)3-6)5-13(10,11)12/h2-4H,5H2,1H3. The molecule has 1 rings (SSSR count). The molecular weight excluding hydrogens is 259 g/mol. The van der Waals surface area contributed by atoms with E-state index in [9.17, 15) is 12.3 Å². The third kappa shape index (κ3) is 3.87. The fraction of sp³-hybridized carbons (Fsp3) is 0.250. The molecule has 0 radical (unpaired) electrons. The van der Waals surface area contributed by atoms with Gasteiger partial charge in [0.1, 0.15) is 5.75 Å². The maximum absolute atomic E-state index is 12.3. The molecule has 0 bridgehead atoms. The molecule has 1 aromatic carbocycles. The van der Waals surface area contributed by atoms with Crippen LogP contribution in [0.25, 0.3) is 0 Å². The summed E-state index contributed by atoms with van der Waals surface area (Å²) in [6, 6.07) is 5.06. The summed E-state index contributed by atoms with van der Waals surface area (Å²) in [4.78, 5) is 0. The molecule has 0 unspecified atom stereocenters. The maximum atomic E-state index is 12.3. The molecule has 0 fully saturated rings. The van der Waals surface area contributed by atoms with E-state index in [1.807, 2.05) is 13.0 Å². The molecule has 0 aliphatic carbocycles. The van der Waals surface area contributed by atoms with E-state index in [2.05, 4.69) is 15.9 Å². The summed E-state index contributed by atoms with van der Waals surface area (Å²) in [5.41, 5.74) is 1.35. The lowest BCUT2D eigenvalue weighted by Crippen LogP contribution is -1.96. The average Bonchev–Trinajstić information content (AvgIpc) is 1.78. The summed E-state index contributed by atoms with van der Waals surface area (Å²) < 4.78 is 33.7. The Kier molecular flexibility index (Phi) is 3.08. The first-order chi connectivity index (χ1) is 5.87. The highest BCUT2D eigenvalue weighted by Crippen LogP contribution is 2.17. The summed E-state index contributed by atoms with van der Waals surface area (Å²) in [6.07, 6.45) is 0. The van der Waals surface area contributed by atoms with Crippen LogP contribution in [0.4, 0.5) is 3.89 Å². The van der Waals surface area contributed by atoms with E-state index < -0.39 is 16.0 Å². The quantitative estimate of drug-likeness (QED) is 0.772. The molecule has 0 aliphatic rings. The van der Waals surface area contributed by atoms with Crippen LogP contribution in [-0.2, 0) is 16.0 Å². The lowest BCUT2D eigenvalue weighted by atomic mass is 10.2. The molecule has 72 valence electrons. The van der Waals surface area contributed by atoms with Crippen molar-refractivity contribution in [2.45, 2.75) is 12.7 Å². The largest absolute Gasteiger partial charge is 0.306 e. The van der Waals surface area contributed by atoms with Crippen LogP contribution in [0.2, 0.25) is 0 Å². The number of hydrogen-bond donors (Lipinski definition) is 0. The first-order valence-corrected chi connectivity index (χ1v) is 5.90. The highest BCUT2D eigenvalue weighted by Gasteiger charge is 2.09. The normalized spacial score (nSPS) is 11.6. The SMILES string of the molecule is Cc1cc(Br)cc(CS(=O)(=O)F)c1. The fourth-order valence-corrected chi connectivity index (χ4v) is 2.31. The zero-order valence-corrected chi connectivity index (χ0v) is 9.32. The third-order valence-electron chi connectivity index (χ3n) is 1.44. The van der Waals surface area contributed by atoms with Gasteiger partial charge in [0.25, 0.3) is 0 Å². The molecule has 13 heavy (non-hydrogen) atoms.